The first-order valence-corrected chi connectivity index (χ1v) is 16.8. The van der Waals surface area contributed by atoms with Crippen molar-refractivity contribution in [3.05, 3.63) is 194 Å². The molecule has 2 heterocycles. The van der Waals surface area contributed by atoms with E-state index in [0.717, 1.165) is 67.1 Å². The average Bonchev–Trinajstić information content (AvgIpc) is 3.53. The van der Waals surface area contributed by atoms with E-state index >= 15 is 0 Å². The molecule has 0 saturated carbocycles. The van der Waals surface area contributed by atoms with Crippen LogP contribution in [0.2, 0.25) is 0 Å². The van der Waals surface area contributed by atoms with Gasteiger partial charge in [0, 0.05) is 39.0 Å². The van der Waals surface area contributed by atoms with E-state index in [1.807, 2.05) is 12.1 Å². The number of benzene rings is 7. The summed E-state index contributed by atoms with van der Waals surface area (Å²) in [5, 5.41) is 2.33. The number of para-hydroxylation sites is 3. The lowest BCUT2D eigenvalue weighted by atomic mass is 10.0. The summed E-state index contributed by atoms with van der Waals surface area (Å²) in [4.78, 5) is 12.7. The van der Waals surface area contributed by atoms with Gasteiger partial charge in [0.2, 0.25) is 5.95 Å². The summed E-state index contributed by atoms with van der Waals surface area (Å²) >= 11 is 0. The van der Waals surface area contributed by atoms with Gasteiger partial charge >= 0.3 is 0 Å². The fraction of sp³-hybridized carbons (Fsp3) is 0. The van der Waals surface area contributed by atoms with Gasteiger partial charge in [-0.2, -0.15) is 0 Å². The first-order chi connectivity index (χ1) is 24.8. The topological polar surface area (TPSA) is 34.0 Å². The van der Waals surface area contributed by atoms with Crippen LogP contribution in [0, 0.1) is 0 Å². The molecule has 0 spiro atoms. The molecule has 0 bridgehead atoms. The summed E-state index contributed by atoms with van der Waals surface area (Å²) in [6, 6.07) is 67.8. The lowest BCUT2D eigenvalue weighted by Gasteiger charge is -2.25. The van der Waals surface area contributed by atoms with E-state index in [0.29, 0.717) is 5.95 Å². The van der Waals surface area contributed by atoms with Crippen molar-refractivity contribution in [2.45, 2.75) is 0 Å². The summed E-state index contributed by atoms with van der Waals surface area (Å²) in [5.74, 6) is 0.644. The van der Waals surface area contributed by atoms with E-state index in [9.17, 15) is 0 Å². The maximum absolute atomic E-state index is 5.21. The number of nitrogens with zero attached hydrogens (tertiary/aromatic N) is 4. The minimum atomic E-state index is 0.644. The molecule has 0 saturated heterocycles. The van der Waals surface area contributed by atoms with Crippen LogP contribution >= 0.6 is 0 Å². The van der Waals surface area contributed by atoms with Crippen LogP contribution < -0.4 is 4.90 Å². The number of anilines is 3. The number of hydrogen-bond acceptors (Lipinski definition) is 3. The lowest BCUT2D eigenvalue weighted by Crippen LogP contribution is -2.09. The Morgan fingerprint density at radius 1 is 0.340 bits per heavy atom. The van der Waals surface area contributed by atoms with Gasteiger partial charge < -0.3 is 4.90 Å². The predicted octanol–water partition coefficient (Wildman–Crippen LogP) is 12.0. The van der Waals surface area contributed by atoms with Crippen LogP contribution in [0.25, 0.3) is 61.4 Å². The molecule has 4 nitrogen and oxygen atoms in total. The van der Waals surface area contributed by atoms with Gasteiger partial charge in [-0.05, 0) is 65.7 Å². The molecule has 50 heavy (non-hydrogen) atoms. The van der Waals surface area contributed by atoms with Crippen molar-refractivity contribution in [3.63, 3.8) is 0 Å². The second-order valence-corrected chi connectivity index (χ2v) is 12.3. The number of hydrogen-bond donors (Lipinski definition) is 0. The largest absolute Gasteiger partial charge is 0.311 e. The zero-order chi connectivity index (χ0) is 33.3. The highest BCUT2D eigenvalue weighted by atomic mass is 15.2. The van der Waals surface area contributed by atoms with Gasteiger partial charge in [-0.3, -0.25) is 4.57 Å². The van der Waals surface area contributed by atoms with Crippen LogP contribution in [0.3, 0.4) is 0 Å². The Labute approximate surface area is 291 Å². The maximum atomic E-state index is 5.21. The molecule has 9 aromatic rings. The van der Waals surface area contributed by atoms with E-state index in [4.69, 9.17) is 9.97 Å². The van der Waals surface area contributed by atoms with Crippen LogP contribution in [0.1, 0.15) is 0 Å². The summed E-state index contributed by atoms with van der Waals surface area (Å²) < 4.78 is 2.22. The Hall–Kier alpha value is -6.78. The van der Waals surface area contributed by atoms with E-state index in [1.165, 1.54) is 5.39 Å². The first kappa shape index (κ1) is 29.4. The fourth-order valence-electron chi connectivity index (χ4n) is 6.82. The molecular formula is C46H32N4. The van der Waals surface area contributed by atoms with E-state index < -0.39 is 0 Å². The van der Waals surface area contributed by atoms with Crippen molar-refractivity contribution in [1.82, 2.24) is 14.5 Å². The Balaban J connectivity index is 1.19. The van der Waals surface area contributed by atoms with Crippen molar-refractivity contribution in [1.29, 1.82) is 0 Å². The van der Waals surface area contributed by atoms with Gasteiger partial charge in [-0.25, -0.2) is 9.97 Å². The average molecular weight is 641 g/mol. The SMILES string of the molecule is c1ccc(-c2cc(-c3ccccc3)nc(-n3c4ccccc4c4ccc(-c5ccc(N(c6ccccc6)c6ccccc6)cc5)cc43)n2)cc1. The fourth-order valence-corrected chi connectivity index (χ4v) is 6.82. The molecule has 4 heteroatoms. The van der Waals surface area contributed by atoms with Gasteiger partial charge in [-0.1, -0.05) is 140 Å². The Kier molecular flexibility index (Phi) is 7.45. The van der Waals surface area contributed by atoms with E-state index in [-0.39, 0.29) is 0 Å². The van der Waals surface area contributed by atoms with Crippen molar-refractivity contribution in [3.8, 4) is 39.6 Å². The van der Waals surface area contributed by atoms with Crippen molar-refractivity contribution < 1.29 is 0 Å². The Morgan fingerprint density at radius 2 is 0.800 bits per heavy atom. The third kappa shape index (κ3) is 5.39. The monoisotopic (exact) mass is 640 g/mol. The van der Waals surface area contributed by atoms with E-state index in [1.54, 1.807) is 0 Å². The second-order valence-electron chi connectivity index (χ2n) is 12.3. The third-order valence-electron chi connectivity index (χ3n) is 9.21. The maximum Gasteiger partial charge on any atom is 0.235 e. The van der Waals surface area contributed by atoms with Crippen molar-refractivity contribution in [2.75, 3.05) is 4.90 Å². The van der Waals surface area contributed by atoms with Crippen LogP contribution in [-0.4, -0.2) is 14.5 Å². The molecule has 236 valence electrons. The standard InChI is InChI=1S/C46H32N4/c1-5-15-34(16-6-1)42-32-43(35-17-7-2-8-18-35)48-46(47-42)50-44-24-14-13-23-40(44)41-30-27-36(31-45(41)50)33-25-28-39(29-26-33)49(37-19-9-3-10-20-37)38-21-11-4-12-22-38/h1-32H. The highest BCUT2D eigenvalue weighted by molar-refractivity contribution is 6.10. The van der Waals surface area contributed by atoms with Crippen LogP contribution in [0.4, 0.5) is 17.1 Å². The van der Waals surface area contributed by atoms with Gasteiger partial charge in [0.25, 0.3) is 0 Å². The van der Waals surface area contributed by atoms with E-state index in [2.05, 4.69) is 191 Å². The molecule has 0 aliphatic carbocycles. The zero-order valence-corrected chi connectivity index (χ0v) is 27.3. The highest BCUT2D eigenvalue weighted by Crippen LogP contribution is 2.38. The van der Waals surface area contributed by atoms with Gasteiger partial charge in [-0.15, -0.1) is 0 Å². The Bertz CT molecular complexity index is 2460. The summed E-state index contributed by atoms with van der Waals surface area (Å²) in [6.07, 6.45) is 0. The minimum Gasteiger partial charge on any atom is -0.311 e. The molecule has 0 atom stereocenters. The molecule has 2 aromatic heterocycles. The smallest absolute Gasteiger partial charge is 0.235 e. The molecule has 0 aliphatic heterocycles. The summed E-state index contributed by atoms with van der Waals surface area (Å²) in [6.45, 7) is 0. The molecule has 0 aliphatic rings. The van der Waals surface area contributed by atoms with Crippen molar-refractivity contribution >= 4 is 38.9 Å². The van der Waals surface area contributed by atoms with Gasteiger partial charge in [0.1, 0.15) is 0 Å². The molecule has 0 unspecified atom stereocenters. The number of fused-ring (bicyclic) bond motifs is 3. The van der Waals surface area contributed by atoms with Crippen molar-refractivity contribution in [2.24, 2.45) is 0 Å². The first-order valence-electron chi connectivity index (χ1n) is 16.8. The molecular weight excluding hydrogens is 609 g/mol. The molecule has 9 rings (SSSR count). The molecule has 7 aromatic carbocycles. The quantitative estimate of drug-likeness (QED) is 0.174. The minimum absolute atomic E-state index is 0.644. The van der Waals surface area contributed by atoms with Gasteiger partial charge in [0.05, 0.1) is 22.4 Å². The molecule has 0 fully saturated rings. The van der Waals surface area contributed by atoms with Crippen LogP contribution in [-0.2, 0) is 0 Å². The second kappa shape index (κ2) is 12.7. The van der Waals surface area contributed by atoms with Crippen LogP contribution in [0.15, 0.2) is 194 Å². The molecule has 0 N–H and O–H groups in total. The zero-order valence-electron chi connectivity index (χ0n) is 27.3. The normalized spacial score (nSPS) is 11.2. The number of aromatic nitrogens is 3. The van der Waals surface area contributed by atoms with Crippen LogP contribution in [0.5, 0.6) is 0 Å². The third-order valence-corrected chi connectivity index (χ3v) is 9.21. The lowest BCUT2D eigenvalue weighted by molar-refractivity contribution is 0.996. The molecule has 0 amide bonds. The van der Waals surface area contributed by atoms with Gasteiger partial charge in [0.15, 0.2) is 0 Å². The Morgan fingerprint density at radius 3 is 1.38 bits per heavy atom. The summed E-state index contributed by atoms with van der Waals surface area (Å²) in [7, 11) is 0. The summed E-state index contributed by atoms with van der Waals surface area (Å²) in [5.41, 5.74) is 11.6. The highest BCUT2D eigenvalue weighted by Gasteiger charge is 2.18. The molecule has 0 radical (unpaired) electrons. The number of rotatable bonds is 7. The predicted molar refractivity (Wildman–Crippen MR) is 207 cm³/mol.